The lowest BCUT2D eigenvalue weighted by molar-refractivity contribution is -0.137. The van der Waals surface area contributed by atoms with Crippen LogP contribution in [0.25, 0.3) is 0 Å². The van der Waals surface area contributed by atoms with E-state index in [4.69, 9.17) is 5.11 Å². The summed E-state index contributed by atoms with van der Waals surface area (Å²) in [6.07, 6.45) is 6.71. The average Bonchev–Trinajstić information content (AvgIpc) is 2.38. The lowest BCUT2D eigenvalue weighted by atomic mass is 9.94. The lowest BCUT2D eigenvalue weighted by Gasteiger charge is -2.11. The summed E-state index contributed by atoms with van der Waals surface area (Å²) in [5.74, 6) is 0.134. The smallest absolute Gasteiger partial charge is 0.303 e. The van der Waals surface area contributed by atoms with Gasteiger partial charge in [0.1, 0.15) is 5.75 Å². The molecule has 0 bridgehead atoms. The van der Waals surface area contributed by atoms with Gasteiger partial charge in [0.25, 0.3) is 0 Å². The molecule has 0 heterocycles. The largest absolute Gasteiger partial charge is 0.508 e. The third-order valence-electron chi connectivity index (χ3n) is 3.49. The molecule has 19 heavy (non-hydrogen) atoms. The first-order chi connectivity index (χ1) is 9.09. The van der Waals surface area contributed by atoms with Crippen LogP contribution in [0.15, 0.2) is 24.3 Å². The summed E-state index contributed by atoms with van der Waals surface area (Å²) in [5, 5.41) is 17.7. The Morgan fingerprint density at radius 2 is 1.63 bits per heavy atom. The van der Waals surface area contributed by atoms with Gasteiger partial charge in [0.05, 0.1) is 0 Å². The van der Waals surface area contributed by atoms with Crippen LogP contribution in [0.4, 0.5) is 0 Å². The van der Waals surface area contributed by atoms with E-state index in [2.05, 4.69) is 6.92 Å². The maximum atomic E-state index is 10.3. The van der Waals surface area contributed by atoms with E-state index in [1.54, 1.807) is 12.1 Å². The van der Waals surface area contributed by atoms with Crippen LogP contribution < -0.4 is 0 Å². The summed E-state index contributed by atoms with van der Waals surface area (Å²) >= 11 is 0. The molecule has 2 N–H and O–H groups in total. The highest BCUT2D eigenvalue weighted by Crippen LogP contribution is 2.23. The van der Waals surface area contributed by atoms with Gasteiger partial charge >= 0.3 is 5.97 Å². The number of benzene rings is 1. The minimum absolute atomic E-state index is 0.296. The fraction of sp³-hybridized carbons (Fsp3) is 0.562. The number of hydrogen-bond donors (Lipinski definition) is 2. The third-order valence-corrected chi connectivity index (χ3v) is 3.49. The van der Waals surface area contributed by atoms with Crippen molar-refractivity contribution in [2.45, 2.75) is 57.8 Å². The van der Waals surface area contributed by atoms with Gasteiger partial charge in [-0.25, -0.2) is 0 Å². The van der Waals surface area contributed by atoms with Gasteiger partial charge in [0, 0.05) is 6.42 Å². The monoisotopic (exact) mass is 264 g/mol. The van der Waals surface area contributed by atoms with Gasteiger partial charge < -0.3 is 10.2 Å². The molecule has 1 aromatic carbocycles. The number of carboxylic acids is 1. The Hall–Kier alpha value is -1.51. The predicted octanol–water partition coefficient (Wildman–Crippen LogP) is 4.31. The molecule has 0 aliphatic carbocycles. The molecule has 0 saturated carbocycles. The first-order valence-corrected chi connectivity index (χ1v) is 7.10. The highest BCUT2D eigenvalue weighted by atomic mass is 16.4. The van der Waals surface area contributed by atoms with Crippen LogP contribution in [0.2, 0.25) is 0 Å². The van der Waals surface area contributed by atoms with Crippen LogP contribution in [0.1, 0.15) is 63.4 Å². The fourth-order valence-electron chi connectivity index (χ4n) is 2.23. The Kier molecular flexibility index (Phi) is 7.01. The van der Waals surface area contributed by atoms with Gasteiger partial charge in [0.2, 0.25) is 0 Å². The van der Waals surface area contributed by atoms with E-state index in [1.165, 1.54) is 18.4 Å². The van der Waals surface area contributed by atoms with Crippen molar-refractivity contribution in [3.63, 3.8) is 0 Å². The van der Waals surface area contributed by atoms with Gasteiger partial charge in [-0.3, -0.25) is 4.79 Å². The Balaban J connectivity index is 2.09. The van der Waals surface area contributed by atoms with E-state index in [0.29, 0.717) is 18.1 Å². The van der Waals surface area contributed by atoms with Crippen molar-refractivity contribution >= 4 is 5.97 Å². The van der Waals surface area contributed by atoms with Crippen molar-refractivity contribution in [2.24, 2.45) is 0 Å². The number of phenolic OH excluding ortho intramolecular Hbond substituents is 1. The summed E-state index contributed by atoms with van der Waals surface area (Å²) < 4.78 is 0. The van der Waals surface area contributed by atoms with Crippen molar-refractivity contribution in [1.29, 1.82) is 0 Å². The van der Waals surface area contributed by atoms with Crippen LogP contribution in [-0.2, 0) is 4.79 Å². The minimum Gasteiger partial charge on any atom is -0.508 e. The first kappa shape index (κ1) is 15.5. The van der Waals surface area contributed by atoms with Crippen LogP contribution in [0.3, 0.4) is 0 Å². The Labute approximate surface area is 115 Å². The predicted molar refractivity (Wildman–Crippen MR) is 76.5 cm³/mol. The molecule has 106 valence electrons. The van der Waals surface area contributed by atoms with Crippen LogP contribution in [0, 0.1) is 0 Å². The number of hydrogen-bond acceptors (Lipinski definition) is 2. The fourth-order valence-corrected chi connectivity index (χ4v) is 2.23. The quantitative estimate of drug-likeness (QED) is 0.653. The van der Waals surface area contributed by atoms with E-state index in [-0.39, 0.29) is 0 Å². The molecule has 0 spiro atoms. The van der Waals surface area contributed by atoms with Crippen LogP contribution >= 0.6 is 0 Å². The van der Waals surface area contributed by atoms with Crippen molar-refractivity contribution in [1.82, 2.24) is 0 Å². The van der Waals surface area contributed by atoms with E-state index >= 15 is 0 Å². The average molecular weight is 264 g/mol. The highest BCUT2D eigenvalue weighted by Gasteiger charge is 2.05. The molecule has 1 atom stereocenters. The van der Waals surface area contributed by atoms with E-state index in [9.17, 15) is 9.90 Å². The second-order valence-electron chi connectivity index (χ2n) is 5.19. The van der Waals surface area contributed by atoms with E-state index < -0.39 is 5.97 Å². The number of carbonyl (C=O) groups is 1. The molecule has 0 saturated heterocycles. The van der Waals surface area contributed by atoms with Crippen LogP contribution in [0.5, 0.6) is 5.75 Å². The van der Waals surface area contributed by atoms with Crippen molar-refractivity contribution in [3.8, 4) is 5.75 Å². The maximum absolute atomic E-state index is 10.3. The second-order valence-corrected chi connectivity index (χ2v) is 5.19. The molecule has 3 heteroatoms. The minimum atomic E-state index is -0.694. The number of unbranched alkanes of at least 4 members (excludes halogenated alkanes) is 4. The van der Waals surface area contributed by atoms with Crippen molar-refractivity contribution < 1.29 is 15.0 Å². The number of aromatic hydroxyl groups is 1. The number of phenols is 1. The van der Waals surface area contributed by atoms with E-state index in [0.717, 1.165) is 25.7 Å². The molecular weight excluding hydrogens is 240 g/mol. The molecule has 3 nitrogen and oxygen atoms in total. The highest BCUT2D eigenvalue weighted by molar-refractivity contribution is 5.66. The number of aliphatic carboxylic acids is 1. The van der Waals surface area contributed by atoms with Gasteiger partial charge in [0.15, 0.2) is 0 Å². The molecule has 1 aromatic rings. The zero-order valence-corrected chi connectivity index (χ0v) is 11.6. The third kappa shape index (κ3) is 6.85. The van der Waals surface area contributed by atoms with Gasteiger partial charge in [-0.05, 0) is 36.5 Å². The maximum Gasteiger partial charge on any atom is 0.303 e. The van der Waals surface area contributed by atoms with Crippen LogP contribution in [-0.4, -0.2) is 16.2 Å². The summed E-state index contributed by atoms with van der Waals surface area (Å²) in [6, 6.07) is 7.43. The summed E-state index contributed by atoms with van der Waals surface area (Å²) in [7, 11) is 0. The van der Waals surface area contributed by atoms with Crippen molar-refractivity contribution in [3.05, 3.63) is 29.8 Å². The number of rotatable bonds is 9. The Morgan fingerprint density at radius 3 is 2.26 bits per heavy atom. The van der Waals surface area contributed by atoms with Crippen molar-refractivity contribution in [2.75, 3.05) is 0 Å². The molecule has 0 aliphatic heterocycles. The summed E-state index contributed by atoms with van der Waals surface area (Å²) in [4.78, 5) is 10.3. The summed E-state index contributed by atoms with van der Waals surface area (Å²) in [6.45, 7) is 2.21. The zero-order chi connectivity index (χ0) is 14.1. The van der Waals surface area contributed by atoms with Gasteiger partial charge in [-0.2, -0.15) is 0 Å². The molecule has 0 amide bonds. The zero-order valence-electron chi connectivity index (χ0n) is 11.6. The first-order valence-electron chi connectivity index (χ1n) is 7.10. The molecule has 0 aromatic heterocycles. The SMILES string of the molecule is CC(CCCCCCCC(=O)O)c1ccc(O)cc1. The Bertz CT molecular complexity index is 370. The van der Waals surface area contributed by atoms with Gasteiger partial charge in [-0.15, -0.1) is 0 Å². The summed E-state index contributed by atoms with van der Waals surface area (Å²) in [5.41, 5.74) is 1.27. The Morgan fingerprint density at radius 1 is 1.05 bits per heavy atom. The molecule has 0 aliphatic rings. The molecule has 0 fully saturated rings. The molecule has 1 unspecified atom stereocenters. The standard InChI is InChI=1S/C16H24O3/c1-13(14-9-11-15(17)12-10-14)7-5-3-2-4-6-8-16(18)19/h9-13,17H,2-8H2,1H3,(H,18,19). The van der Waals surface area contributed by atoms with E-state index in [1.807, 2.05) is 12.1 Å². The van der Waals surface area contributed by atoms with Gasteiger partial charge in [-0.1, -0.05) is 44.7 Å². The lowest BCUT2D eigenvalue weighted by Crippen LogP contribution is -1.95. The topological polar surface area (TPSA) is 57.5 Å². The number of carboxylic acid groups (broad SMARTS) is 1. The normalized spacial score (nSPS) is 12.3. The molecule has 1 rings (SSSR count). The molecule has 0 radical (unpaired) electrons. The molecular formula is C16H24O3. The second kappa shape index (κ2) is 8.57.